The van der Waals surface area contributed by atoms with Gasteiger partial charge in [-0.3, -0.25) is 4.99 Å². The maximum absolute atomic E-state index is 9.64. The number of ether oxygens (including phenoxy) is 1. The van der Waals surface area contributed by atoms with Crippen LogP contribution in [0.3, 0.4) is 0 Å². The van der Waals surface area contributed by atoms with Gasteiger partial charge < -0.3 is 20.5 Å². The van der Waals surface area contributed by atoms with Crippen molar-refractivity contribution in [3.63, 3.8) is 0 Å². The van der Waals surface area contributed by atoms with E-state index in [4.69, 9.17) is 4.74 Å². The second-order valence-electron chi connectivity index (χ2n) is 6.73. The minimum atomic E-state index is 0.0535. The zero-order chi connectivity index (χ0) is 19.9. The maximum atomic E-state index is 9.64. The molecule has 0 bridgehead atoms. The van der Waals surface area contributed by atoms with Crippen LogP contribution in [0, 0.1) is 0 Å². The van der Waals surface area contributed by atoms with E-state index in [2.05, 4.69) is 39.9 Å². The zero-order valence-electron chi connectivity index (χ0n) is 16.8. The number of benzene rings is 2. The number of aliphatic hydroxyl groups is 1. The fourth-order valence-electron chi connectivity index (χ4n) is 2.93. The number of unbranched alkanes of at least 4 members (excludes halogenated alkanes) is 1. The fourth-order valence-corrected chi connectivity index (χ4v) is 2.93. The normalized spacial score (nSPS) is 12.6. The van der Waals surface area contributed by atoms with Crippen LogP contribution in [0.1, 0.15) is 29.9 Å². The molecule has 1 unspecified atom stereocenters. The number of hydrogen-bond donors (Lipinski definition) is 3. The minimum Gasteiger partial charge on any atom is -0.396 e. The molecule has 0 heterocycles. The molecule has 28 heavy (non-hydrogen) atoms. The van der Waals surface area contributed by atoms with E-state index in [9.17, 15) is 5.11 Å². The van der Waals surface area contributed by atoms with Crippen molar-refractivity contribution in [1.29, 1.82) is 0 Å². The number of nitrogens with one attached hydrogen (secondary N) is 2. The van der Waals surface area contributed by atoms with Crippen LogP contribution in [0.5, 0.6) is 0 Å². The molecule has 0 saturated heterocycles. The molecule has 5 nitrogen and oxygen atoms in total. The Balaban J connectivity index is 1.53. The predicted octanol–water partition coefficient (Wildman–Crippen LogP) is 2.97. The molecule has 0 aliphatic heterocycles. The molecule has 0 aliphatic carbocycles. The zero-order valence-corrected chi connectivity index (χ0v) is 16.8. The van der Waals surface area contributed by atoms with E-state index in [1.165, 1.54) is 5.56 Å². The van der Waals surface area contributed by atoms with Gasteiger partial charge in [-0.05, 0) is 30.4 Å². The van der Waals surface area contributed by atoms with Gasteiger partial charge in [0.25, 0.3) is 0 Å². The second-order valence-corrected chi connectivity index (χ2v) is 6.73. The minimum absolute atomic E-state index is 0.0535. The molecule has 0 fully saturated rings. The Morgan fingerprint density at radius 2 is 1.68 bits per heavy atom. The average Bonchev–Trinajstić information content (AvgIpc) is 2.76. The summed E-state index contributed by atoms with van der Waals surface area (Å²) in [5.41, 5.74) is 2.44. The highest BCUT2D eigenvalue weighted by Crippen LogP contribution is 2.13. The topological polar surface area (TPSA) is 65.9 Å². The SMILES string of the molecule is CN=C(NCCCCOCCc1ccccc1)NCC(CO)c1ccccc1. The van der Waals surface area contributed by atoms with E-state index in [0.717, 1.165) is 50.5 Å². The van der Waals surface area contributed by atoms with Crippen LogP contribution in [0.25, 0.3) is 0 Å². The van der Waals surface area contributed by atoms with Gasteiger partial charge >= 0.3 is 0 Å². The van der Waals surface area contributed by atoms with Gasteiger partial charge in [0.2, 0.25) is 0 Å². The lowest BCUT2D eigenvalue weighted by Crippen LogP contribution is -2.40. The molecule has 1 atom stereocenters. The van der Waals surface area contributed by atoms with Crippen molar-refractivity contribution in [3.8, 4) is 0 Å². The Bertz CT molecular complexity index is 662. The Morgan fingerprint density at radius 1 is 0.964 bits per heavy atom. The highest BCUT2D eigenvalue weighted by atomic mass is 16.5. The van der Waals surface area contributed by atoms with E-state index >= 15 is 0 Å². The smallest absolute Gasteiger partial charge is 0.190 e. The summed E-state index contributed by atoms with van der Waals surface area (Å²) in [4.78, 5) is 4.25. The lowest BCUT2D eigenvalue weighted by Gasteiger charge is -2.18. The summed E-state index contributed by atoms with van der Waals surface area (Å²) < 4.78 is 5.71. The van der Waals surface area contributed by atoms with Gasteiger partial charge in [-0.1, -0.05) is 60.7 Å². The summed E-state index contributed by atoms with van der Waals surface area (Å²) in [5.74, 6) is 0.817. The molecule has 0 saturated carbocycles. The molecular formula is C23H33N3O2. The maximum Gasteiger partial charge on any atom is 0.190 e. The van der Waals surface area contributed by atoms with Crippen LogP contribution >= 0.6 is 0 Å². The van der Waals surface area contributed by atoms with E-state index in [1.54, 1.807) is 7.05 Å². The van der Waals surface area contributed by atoms with Gasteiger partial charge in [0.05, 0.1) is 13.2 Å². The van der Waals surface area contributed by atoms with Crippen molar-refractivity contribution >= 4 is 5.96 Å². The van der Waals surface area contributed by atoms with E-state index < -0.39 is 0 Å². The molecule has 0 radical (unpaired) electrons. The lowest BCUT2D eigenvalue weighted by atomic mass is 10.0. The van der Waals surface area contributed by atoms with Crippen LogP contribution in [-0.2, 0) is 11.2 Å². The standard InChI is InChI=1S/C23H33N3O2/c1-24-23(26-18-22(19-27)21-12-6-3-7-13-21)25-15-8-9-16-28-17-14-20-10-4-2-5-11-20/h2-7,10-13,22,27H,8-9,14-19H2,1H3,(H2,24,25,26). The summed E-state index contributed by atoms with van der Waals surface area (Å²) in [6.45, 7) is 3.14. The third kappa shape index (κ3) is 8.55. The molecule has 5 heteroatoms. The quantitative estimate of drug-likeness (QED) is 0.299. The summed E-state index contributed by atoms with van der Waals surface area (Å²) in [6, 6.07) is 20.5. The molecule has 3 N–H and O–H groups in total. The second kappa shape index (κ2) is 13.7. The predicted molar refractivity (Wildman–Crippen MR) is 116 cm³/mol. The average molecular weight is 384 g/mol. The number of aliphatic hydroxyl groups excluding tert-OH is 1. The Labute approximate surface area is 168 Å². The van der Waals surface area contributed by atoms with Crippen LogP contribution in [0.15, 0.2) is 65.7 Å². The molecule has 0 aliphatic rings. The van der Waals surface area contributed by atoms with E-state index in [0.29, 0.717) is 6.54 Å². The highest BCUT2D eigenvalue weighted by Gasteiger charge is 2.10. The van der Waals surface area contributed by atoms with Crippen LogP contribution in [0.4, 0.5) is 0 Å². The van der Waals surface area contributed by atoms with Gasteiger partial charge in [-0.15, -0.1) is 0 Å². The molecular weight excluding hydrogens is 350 g/mol. The van der Waals surface area contributed by atoms with Crippen molar-refractivity contribution in [2.24, 2.45) is 4.99 Å². The first kappa shape index (κ1) is 21.9. The van der Waals surface area contributed by atoms with Crippen LogP contribution in [0.2, 0.25) is 0 Å². The fraction of sp³-hybridized carbons (Fsp3) is 0.435. The highest BCUT2D eigenvalue weighted by molar-refractivity contribution is 5.79. The third-order valence-corrected chi connectivity index (χ3v) is 4.62. The Kier molecular flexibility index (Phi) is 10.8. The Morgan fingerprint density at radius 3 is 2.36 bits per heavy atom. The molecule has 0 spiro atoms. The largest absolute Gasteiger partial charge is 0.396 e. The summed E-state index contributed by atoms with van der Waals surface area (Å²) in [7, 11) is 1.76. The molecule has 0 aromatic heterocycles. The van der Waals surface area contributed by atoms with Gasteiger partial charge in [0.1, 0.15) is 0 Å². The van der Waals surface area contributed by atoms with Crippen molar-refractivity contribution in [3.05, 3.63) is 71.8 Å². The Hall–Kier alpha value is -2.37. The summed E-state index contributed by atoms with van der Waals surface area (Å²) in [5, 5.41) is 16.3. The first-order chi connectivity index (χ1) is 13.8. The molecule has 2 aromatic rings. The van der Waals surface area contributed by atoms with Crippen LogP contribution in [-0.4, -0.2) is 51.0 Å². The van der Waals surface area contributed by atoms with Crippen molar-refractivity contribution in [2.75, 3.05) is 40.0 Å². The van der Waals surface area contributed by atoms with Gasteiger partial charge in [-0.2, -0.15) is 0 Å². The van der Waals surface area contributed by atoms with Crippen molar-refractivity contribution in [2.45, 2.75) is 25.2 Å². The lowest BCUT2D eigenvalue weighted by molar-refractivity contribution is 0.133. The number of nitrogens with zero attached hydrogens (tertiary/aromatic N) is 1. The molecule has 2 aromatic carbocycles. The van der Waals surface area contributed by atoms with Crippen LogP contribution < -0.4 is 10.6 Å². The number of hydrogen-bond acceptors (Lipinski definition) is 3. The van der Waals surface area contributed by atoms with Crippen molar-refractivity contribution < 1.29 is 9.84 Å². The number of aliphatic imine (C=N–C) groups is 1. The van der Waals surface area contributed by atoms with E-state index in [1.807, 2.05) is 36.4 Å². The van der Waals surface area contributed by atoms with Crippen molar-refractivity contribution in [1.82, 2.24) is 10.6 Å². The molecule has 2 rings (SSSR count). The van der Waals surface area contributed by atoms with Gasteiger partial charge in [-0.25, -0.2) is 0 Å². The summed E-state index contributed by atoms with van der Waals surface area (Å²) in [6.07, 6.45) is 3.00. The molecule has 152 valence electrons. The first-order valence-electron chi connectivity index (χ1n) is 10.1. The number of guanidine groups is 1. The third-order valence-electron chi connectivity index (χ3n) is 4.62. The monoisotopic (exact) mass is 383 g/mol. The first-order valence-corrected chi connectivity index (χ1v) is 10.1. The van der Waals surface area contributed by atoms with E-state index in [-0.39, 0.29) is 12.5 Å². The molecule has 0 amide bonds. The number of rotatable bonds is 12. The van der Waals surface area contributed by atoms with Gasteiger partial charge in [0.15, 0.2) is 5.96 Å². The summed E-state index contributed by atoms with van der Waals surface area (Å²) >= 11 is 0. The van der Waals surface area contributed by atoms with Gasteiger partial charge in [0, 0.05) is 32.7 Å².